The highest BCUT2D eigenvalue weighted by atomic mass is 16.5. The first-order valence-corrected chi connectivity index (χ1v) is 7.60. The molecular weight excluding hydrogens is 320 g/mol. The first kappa shape index (κ1) is 16.4. The van der Waals surface area contributed by atoms with Crippen LogP contribution in [0.1, 0.15) is 26.3 Å². The van der Waals surface area contributed by atoms with Crippen molar-refractivity contribution in [3.63, 3.8) is 0 Å². The van der Waals surface area contributed by atoms with E-state index >= 15 is 0 Å². The third-order valence-electron chi connectivity index (χ3n) is 3.91. The molecule has 1 aliphatic rings. The zero-order valence-electron chi connectivity index (χ0n) is 13.8. The lowest BCUT2D eigenvalue weighted by atomic mass is 10.1. The van der Waals surface area contributed by atoms with Gasteiger partial charge in [-0.15, -0.1) is 0 Å². The number of para-hydroxylation sites is 1. The van der Waals surface area contributed by atoms with Crippen molar-refractivity contribution in [3.05, 3.63) is 65.2 Å². The van der Waals surface area contributed by atoms with E-state index in [2.05, 4.69) is 5.32 Å². The Bertz CT molecular complexity index is 902. The number of ether oxygens (including phenoxy) is 1. The SMILES string of the molecule is COc1ccccc1/C=C/C(=O)Nc1ccc2c(c1)C(=O)N(C)C2=O. The number of nitrogens with one attached hydrogen (secondary N) is 1. The first-order chi connectivity index (χ1) is 12.0. The van der Waals surface area contributed by atoms with Gasteiger partial charge in [0, 0.05) is 24.4 Å². The summed E-state index contributed by atoms with van der Waals surface area (Å²) in [6.07, 6.45) is 3.02. The Labute approximate surface area is 144 Å². The Hall–Kier alpha value is -3.41. The molecule has 0 unspecified atom stereocenters. The maximum absolute atomic E-state index is 12.1. The highest BCUT2D eigenvalue weighted by Crippen LogP contribution is 2.25. The molecule has 0 aromatic heterocycles. The predicted molar refractivity (Wildman–Crippen MR) is 93.5 cm³/mol. The average Bonchev–Trinajstić information content (AvgIpc) is 2.84. The molecule has 1 aliphatic heterocycles. The zero-order chi connectivity index (χ0) is 18.0. The fourth-order valence-electron chi connectivity index (χ4n) is 2.59. The van der Waals surface area contributed by atoms with Crippen LogP contribution in [0.4, 0.5) is 5.69 Å². The standard InChI is InChI=1S/C19H16N2O4/c1-21-18(23)14-9-8-13(11-15(14)19(21)24)20-17(22)10-7-12-5-3-4-6-16(12)25-2/h3-11H,1-2H3,(H,20,22)/b10-7+. The molecule has 2 aromatic carbocycles. The van der Waals surface area contributed by atoms with E-state index in [0.717, 1.165) is 10.5 Å². The van der Waals surface area contributed by atoms with Crippen LogP contribution in [-0.2, 0) is 4.79 Å². The van der Waals surface area contributed by atoms with Crippen LogP contribution in [0.5, 0.6) is 5.75 Å². The van der Waals surface area contributed by atoms with Crippen molar-refractivity contribution in [2.24, 2.45) is 0 Å². The van der Waals surface area contributed by atoms with E-state index in [1.165, 1.54) is 19.2 Å². The van der Waals surface area contributed by atoms with E-state index in [4.69, 9.17) is 4.74 Å². The molecule has 0 saturated carbocycles. The van der Waals surface area contributed by atoms with Crippen molar-refractivity contribution in [2.75, 3.05) is 19.5 Å². The van der Waals surface area contributed by atoms with Gasteiger partial charge in [0.15, 0.2) is 0 Å². The highest BCUT2D eigenvalue weighted by Gasteiger charge is 2.32. The lowest BCUT2D eigenvalue weighted by Crippen LogP contribution is -2.24. The Balaban J connectivity index is 1.75. The summed E-state index contributed by atoms with van der Waals surface area (Å²) in [4.78, 5) is 37.0. The van der Waals surface area contributed by atoms with Crippen LogP contribution in [0.3, 0.4) is 0 Å². The van der Waals surface area contributed by atoms with Gasteiger partial charge in [0.05, 0.1) is 18.2 Å². The molecule has 0 saturated heterocycles. The second-order valence-corrected chi connectivity index (χ2v) is 5.49. The third kappa shape index (κ3) is 3.14. The van der Waals surface area contributed by atoms with Crippen molar-refractivity contribution in [3.8, 4) is 5.75 Å². The number of rotatable bonds is 4. The average molecular weight is 336 g/mol. The van der Waals surface area contributed by atoms with E-state index < -0.39 is 0 Å². The van der Waals surface area contributed by atoms with Crippen LogP contribution in [0.25, 0.3) is 6.08 Å². The van der Waals surface area contributed by atoms with E-state index in [-0.39, 0.29) is 17.7 Å². The zero-order valence-corrected chi connectivity index (χ0v) is 13.8. The lowest BCUT2D eigenvalue weighted by molar-refractivity contribution is -0.111. The second-order valence-electron chi connectivity index (χ2n) is 5.49. The molecule has 2 aromatic rings. The number of fused-ring (bicyclic) bond motifs is 1. The van der Waals surface area contributed by atoms with E-state index in [1.807, 2.05) is 18.2 Å². The summed E-state index contributed by atoms with van der Waals surface area (Å²) in [5.41, 5.74) is 1.86. The Morgan fingerprint density at radius 2 is 1.80 bits per heavy atom. The van der Waals surface area contributed by atoms with E-state index in [1.54, 1.807) is 31.4 Å². The minimum absolute atomic E-state index is 0.291. The number of benzene rings is 2. The van der Waals surface area contributed by atoms with Crippen molar-refractivity contribution < 1.29 is 19.1 Å². The number of carbonyl (C=O) groups excluding carboxylic acids is 3. The Morgan fingerprint density at radius 1 is 1.08 bits per heavy atom. The molecule has 0 aliphatic carbocycles. The number of anilines is 1. The second kappa shape index (κ2) is 6.60. The summed E-state index contributed by atoms with van der Waals surface area (Å²) in [7, 11) is 2.99. The van der Waals surface area contributed by atoms with Crippen LogP contribution in [0.15, 0.2) is 48.5 Å². The number of imide groups is 1. The predicted octanol–water partition coefficient (Wildman–Crippen LogP) is 2.57. The molecule has 6 nitrogen and oxygen atoms in total. The largest absolute Gasteiger partial charge is 0.496 e. The van der Waals surface area contributed by atoms with Gasteiger partial charge in [-0.05, 0) is 30.3 Å². The molecule has 0 bridgehead atoms. The highest BCUT2D eigenvalue weighted by molar-refractivity contribution is 6.21. The molecule has 126 valence electrons. The van der Waals surface area contributed by atoms with E-state index in [9.17, 15) is 14.4 Å². The van der Waals surface area contributed by atoms with Crippen molar-refractivity contribution >= 4 is 29.5 Å². The van der Waals surface area contributed by atoms with Crippen LogP contribution >= 0.6 is 0 Å². The molecular formula is C19H16N2O4. The minimum Gasteiger partial charge on any atom is -0.496 e. The minimum atomic E-state index is -0.374. The summed E-state index contributed by atoms with van der Waals surface area (Å²) in [5, 5.41) is 2.68. The number of amides is 3. The van der Waals surface area contributed by atoms with Gasteiger partial charge in [-0.2, -0.15) is 0 Å². The van der Waals surface area contributed by atoms with Gasteiger partial charge in [-0.25, -0.2) is 0 Å². The van der Waals surface area contributed by atoms with Crippen LogP contribution in [-0.4, -0.2) is 36.8 Å². The van der Waals surface area contributed by atoms with Gasteiger partial charge in [-0.3, -0.25) is 19.3 Å². The molecule has 1 heterocycles. The van der Waals surface area contributed by atoms with Crippen LogP contribution in [0, 0.1) is 0 Å². The van der Waals surface area contributed by atoms with Crippen molar-refractivity contribution in [1.29, 1.82) is 0 Å². The fourth-order valence-corrected chi connectivity index (χ4v) is 2.59. The summed E-state index contributed by atoms with van der Waals surface area (Å²) in [6, 6.07) is 12.0. The van der Waals surface area contributed by atoms with Crippen LogP contribution < -0.4 is 10.1 Å². The van der Waals surface area contributed by atoms with Gasteiger partial charge < -0.3 is 10.1 Å². The summed E-state index contributed by atoms with van der Waals surface area (Å²) in [6.45, 7) is 0. The summed E-state index contributed by atoms with van der Waals surface area (Å²) >= 11 is 0. The molecule has 0 spiro atoms. The molecule has 0 radical (unpaired) electrons. The number of hydrogen-bond acceptors (Lipinski definition) is 4. The van der Waals surface area contributed by atoms with Gasteiger partial charge in [0.2, 0.25) is 5.91 Å². The number of hydrogen-bond donors (Lipinski definition) is 1. The quantitative estimate of drug-likeness (QED) is 0.688. The normalized spacial score (nSPS) is 13.3. The van der Waals surface area contributed by atoms with Crippen molar-refractivity contribution in [2.45, 2.75) is 0 Å². The smallest absolute Gasteiger partial charge is 0.261 e. The number of methoxy groups -OCH3 is 1. The maximum Gasteiger partial charge on any atom is 0.261 e. The van der Waals surface area contributed by atoms with Gasteiger partial charge in [0.25, 0.3) is 11.8 Å². The molecule has 0 atom stereocenters. The molecule has 1 N–H and O–H groups in total. The third-order valence-corrected chi connectivity index (χ3v) is 3.91. The monoisotopic (exact) mass is 336 g/mol. The maximum atomic E-state index is 12.1. The lowest BCUT2D eigenvalue weighted by Gasteiger charge is -2.05. The first-order valence-electron chi connectivity index (χ1n) is 7.60. The number of nitrogens with zero attached hydrogens (tertiary/aromatic N) is 1. The summed E-state index contributed by atoms with van der Waals surface area (Å²) in [5.74, 6) is -0.401. The Morgan fingerprint density at radius 3 is 2.56 bits per heavy atom. The van der Waals surface area contributed by atoms with Crippen molar-refractivity contribution in [1.82, 2.24) is 4.90 Å². The summed E-state index contributed by atoms with van der Waals surface area (Å²) < 4.78 is 5.22. The topological polar surface area (TPSA) is 75.7 Å². The van der Waals surface area contributed by atoms with E-state index in [0.29, 0.717) is 22.6 Å². The van der Waals surface area contributed by atoms with Gasteiger partial charge in [0.1, 0.15) is 5.75 Å². The van der Waals surface area contributed by atoms with Gasteiger partial charge >= 0.3 is 0 Å². The van der Waals surface area contributed by atoms with Gasteiger partial charge in [-0.1, -0.05) is 18.2 Å². The molecule has 6 heteroatoms. The molecule has 25 heavy (non-hydrogen) atoms. The molecule has 0 fully saturated rings. The Kier molecular flexibility index (Phi) is 4.35. The number of carbonyl (C=O) groups is 3. The molecule has 3 amide bonds. The molecule has 3 rings (SSSR count). The fraction of sp³-hybridized carbons (Fsp3) is 0.105. The van der Waals surface area contributed by atoms with Crippen LogP contribution in [0.2, 0.25) is 0 Å².